The van der Waals surface area contributed by atoms with Crippen LogP contribution in [-0.2, 0) is 18.9 Å². The third-order valence-corrected chi connectivity index (χ3v) is 5.29. The molecule has 8 nitrogen and oxygen atoms in total. The maximum Gasteiger partial charge on any atom is 0.119 e. The predicted molar refractivity (Wildman–Crippen MR) is 128 cm³/mol. The van der Waals surface area contributed by atoms with Gasteiger partial charge in [-0.05, 0) is 43.7 Å². The van der Waals surface area contributed by atoms with Crippen LogP contribution in [0, 0.1) is 12.3 Å². The van der Waals surface area contributed by atoms with Crippen LogP contribution in [0.25, 0.3) is 0 Å². The van der Waals surface area contributed by atoms with Crippen LogP contribution < -0.4 is 4.74 Å². The average molecular weight is 465 g/mol. The molecule has 8 heteroatoms. The van der Waals surface area contributed by atoms with E-state index >= 15 is 0 Å². The van der Waals surface area contributed by atoms with Crippen molar-refractivity contribution < 1.29 is 28.8 Å². The van der Waals surface area contributed by atoms with Crippen molar-refractivity contribution in [3.05, 3.63) is 24.3 Å². The largest absolute Gasteiger partial charge is 0.508 e. The number of benzene rings is 1. The van der Waals surface area contributed by atoms with Crippen LogP contribution >= 0.6 is 0 Å². The molecule has 33 heavy (non-hydrogen) atoms. The second-order valence-corrected chi connectivity index (χ2v) is 7.83. The van der Waals surface area contributed by atoms with E-state index in [1.165, 1.54) is 0 Å². The lowest BCUT2D eigenvalue weighted by atomic mass is 10.2. The van der Waals surface area contributed by atoms with E-state index in [0.29, 0.717) is 52.9 Å². The Morgan fingerprint density at radius 3 is 1.85 bits per heavy atom. The van der Waals surface area contributed by atoms with Crippen LogP contribution in [0.4, 0.5) is 0 Å². The van der Waals surface area contributed by atoms with E-state index in [0.717, 1.165) is 64.5 Å². The molecule has 1 fully saturated rings. The SMILES string of the molecule is C#CCOCCOCCOCCOCCN1CCN(CCCCOc2ccc(O)cc2)CC1. The highest BCUT2D eigenvalue weighted by Gasteiger charge is 2.15. The monoisotopic (exact) mass is 464 g/mol. The van der Waals surface area contributed by atoms with Gasteiger partial charge >= 0.3 is 0 Å². The van der Waals surface area contributed by atoms with Crippen molar-refractivity contribution in [1.82, 2.24) is 9.80 Å². The van der Waals surface area contributed by atoms with Gasteiger partial charge in [0.15, 0.2) is 0 Å². The van der Waals surface area contributed by atoms with Crippen LogP contribution in [0.15, 0.2) is 24.3 Å². The molecule has 1 aromatic rings. The molecule has 1 aliphatic rings. The zero-order valence-electron chi connectivity index (χ0n) is 19.8. The quantitative estimate of drug-likeness (QED) is 0.246. The maximum atomic E-state index is 9.28. The molecule has 1 saturated heterocycles. The third kappa shape index (κ3) is 14.1. The molecule has 0 spiro atoms. The average Bonchev–Trinajstić information content (AvgIpc) is 2.84. The fourth-order valence-electron chi connectivity index (χ4n) is 3.39. The minimum atomic E-state index is 0.263. The van der Waals surface area contributed by atoms with Crippen LogP contribution in [0.5, 0.6) is 11.5 Å². The van der Waals surface area contributed by atoms with E-state index in [-0.39, 0.29) is 5.75 Å². The van der Waals surface area contributed by atoms with Crippen molar-refractivity contribution >= 4 is 0 Å². The van der Waals surface area contributed by atoms with Gasteiger partial charge < -0.3 is 33.7 Å². The van der Waals surface area contributed by atoms with Gasteiger partial charge in [0.25, 0.3) is 0 Å². The highest BCUT2D eigenvalue weighted by Crippen LogP contribution is 2.16. The van der Waals surface area contributed by atoms with Gasteiger partial charge in [0, 0.05) is 32.7 Å². The zero-order chi connectivity index (χ0) is 23.4. The number of ether oxygens (including phenoxy) is 5. The van der Waals surface area contributed by atoms with Crippen LogP contribution in [0.2, 0.25) is 0 Å². The molecule has 0 aromatic heterocycles. The number of phenolic OH excluding ortho intramolecular Hbond substituents is 1. The van der Waals surface area contributed by atoms with E-state index in [9.17, 15) is 5.11 Å². The van der Waals surface area contributed by atoms with Crippen molar-refractivity contribution in [2.45, 2.75) is 12.8 Å². The Morgan fingerprint density at radius 1 is 0.697 bits per heavy atom. The van der Waals surface area contributed by atoms with E-state index in [4.69, 9.17) is 30.1 Å². The standard InChI is InChI=1S/C25H40N2O6/c1-2-15-29-18-20-31-22-23-32-21-19-30-17-14-27-12-10-26(11-13-27)9-3-4-16-33-25-7-5-24(28)6-8-25/h1,5-8,28H,3-4,9-23H2. The molecule has 0 bridgehead atoms. The lowest BCUT2D eigenvalue weighted by molar-refractivity contribution is -0.00259. The van der Waals surface area contributed by atoms with Crippen molar-refractivity contribution in [1.29, 1.82) is 0 Å². The lowest BCUT2D eigenvalue weighted by Gasteiger charge is -2.34. The highest BCUT2D eigenvalue weighted by molar-refractivity contribution is 5.29. The van der Waals surface area contributed by atoms with Crippen LogP contribution in [-0.4, -0.2) is 114 Å². The Bertz CT molecular complexity index is 629. The van der Waals surface area contributed by atoms with Gasteiger partial charge in [0.05, 0.1) is 52.9 Å². The Morgan fingerprint density at radius 2 is 1.24 bits per heavy atom. The number of unbranched alkanes of at least 4 members (excludes halogenated alkanes) is 1. The van der Waals surface area contributed by atoms with Crippen molar-refractivity contribution in [3.8, 4) is 23.8 Å². The summed E-state index contributed by atoms with van der Waals surface area (Å²) >= 11 is 0. The molecular weight excluding hydrogens is 424 g/mol. The summed E-state index contributed by atoms with van der Waals surface area (Å²) in [7, 11) is 0. The summed E-state index contributed by atoms with van der Waals surface area (Å²) < 4.78 is 27.4. The summed E-state index contributed by atoms with van der Waals surface area (Å²) in [5.41, 5.74) is 0. The first-order valence-electron chi connectivity index (χ1n) is 11.9. The van der Waals surface area contributed by atoms with Gasteiger partial charge in [-0.25, -0.2) is 0 Å². The van der Waals surface area contributed by atoms with Crippen LogP contribution in [0.3, 0.4) is 0 Å². The van der Waals surface area contributed by atoms with Gasteiger partial charge in [-0.15, -0.1) is 6.42 Å². The maximum absolute atomic E-state index is 9.28. The van der Waals surface area contributed by atoms with Gasteiger partial charge in [-0.2, -0.15) is 0 Å². The summed E-state index contributed by atoms with van der Waals surface area (Å²) in [5.74, 6) is 3.48. The first-order chi connectivity index (χ1) is 16.3. The predicted octanol–water partition coefficient (Wildman–Crippen LogP) is 1.87. The molecule has 186 valence electrons. The topological polar surface area (TPSA) is 72.9 Å². The summed E-state index contributed by atoms with van der Waals surface area (Å²) in [6.07, 6.45) is 7.25. The Kier molecular flexibility index (Phi) is 15.4. The summed E-state index contributed by atoms with van der Waals surface area (Å²) in [4.78, 5) is 4.98. The summed E-state index contributed by atoms with van der Waals surface area (Å²) in [5, 5.41) is 9.28. The zero-order valence-corrected chi connectivity index (χ0v) is 19.8. The molecule has 2 rings (SSSR count). The molecule has 0 saturated carbocycles. The number of aromatic hydroxyl groups is 1. The number of terminal acetylenes is 1. The number of piperazine rings is 1. The molecule has 0 aliphatic carbocycles. The first kappa shape index (κ1) is 27.4. The number of hydrogen-bond acceptors (Lipinski definition) is 8. The highest BCUT2D eigenvalue weighted by atomic mass is 16.6. The molecule has 1 aromatic carbocycles. The number of phenols is 1. The molecule has 0 unspecified atom stereocenters. The number of hydrogen-bond donors (Lipinski definition) is 1. The van der Waals surface area contributed by atoms with Gasteiger partial charge in [-0.1, -0.05) is 5.92 Å². The fraction of sp³-hybridized carbons (Fsp3) is 0.680. The summed E-state index contributed by atoms with van der Waals surface area (Å²) in [6.45, 7) is 11.6. The van der Waals surface area contributed by atoms with E-state index < -0.39 is 0 Å². The van der Waals surface area contributed by atoms with E-state index in [2.05, 4.69) is 15.7 Å². The van der Waals surface area contributed by atoms with Gasteiger partial charge in [-0.3, -0.25) is 4.90 Å². The van der Waals surface area contributed by atoms with Crippen molar-refractivity contribution in [2.24, 2.45) is 0 Å². The first-order valence-corrected chi connectivity index (χ1v) is 11.9. The third-order valence-electron chi connectivity index (χ3n) is 5.29. The number of rotatable bonds is 19. The van der Waals surface area contributed by atoms with Gasteiger partial charge in [0.2, 0.25) is 0 Å². The van der Waals surface area contributed by atoms with E-state index in [1.54, 1.807) is 24.3 Å². The molecule has 0 atom stereocenters. The van der Waals surface area contributed by atoms with Crippen LogP contribution in [0.1, 0.15) is 12.8 Å². The summed E-state index contributed by atoms with van der Waals surface area (Å²) in [6, 6.07) is 6.88. The Labute approximate surface area is 198 Å². The minimum absolute atomic E-state index is 0.263. The normalized spacial score (nSPS) is 14.9. The number of nitrogens with zero attached hydrogens (tertiary/aromatic N) is 2. The molecule has 0 radical (unpaired) electrons. The Balaban J connectivity index is 1.32. The second kappa shape index (κ2) is 18.6. The fourth-order valence-corrected chi connectivity index (χ4v) is 3.39. The molecule has 1 aliphatic heterocycles. The van der Waals surface area contributed by atoms with Gasteiger partial charge in [0.1, 0.15) is 18.1 Å². The van der Waals surface area contributed by atoms with E-state index in [1.807, 2.05) is 0 Å². The lowest BCUT2D eigenvalue weighted by Crippen LogP contribution is -2.47. The van der Waals surface area contributed by atoms with Crippen molar-refractivity contribution in [2.75, 3.05) is 98.7 Å². The Hall–Kier alpha value is -1.86. The molecule has 0 amide bonds. The minimum Gasteiger partial charge on any atom is -0.508 e. The molecule has 1 heterocycles. The smallest absolute Gasteiger partial charge is 0.119 e. The second-order valence-electron chi connectivity index (χ2n) is 7.83. The molecule has 1 N–H and O–H groups in total. The molecular formula is C25H40N2O6. The van der Waals surface area contributed by atoms with Crippen molar-refractivity contribution in [3.63, 3.8) is 0 Å².